The number of benzene rings is 4. The van der Waals surface area contributed by atoms with Crippen molar-refractivity contribution in [2.45, 2.75) is 108 Å². The number of para-hydroxylation sites is 1. The standard InChI is InChI=1S/C52H61F3N6O8/c1-49(2,3)51(61(43(62)29-56)40-17-11-6-12-18-40,32-69-50-26-35-21-36(27-50)23-37(22-35)28-50)46(65)59-42(44(63)52(53,54)55)24-38-19-20-39(25-41(38)45(64)67-30-33-13-7-4-8-14-33)58-47(57)60-48(66)68-31-34-15-9-5-10-16-34/h4-20,25,35-37,42,44,63H,21-24,26-32,56H2,1-3H3,(H,59,65)(H3,57,58,60,66)/t35?,36?,37?,42?,44?,50?,51-/m0/s1. The first-order valence-corrected chi connectivity index (χ1v) is 23.2. The van der Waals surface area contributed by atoms with Gasteiger partial charge in [-0.1, -0.05) is 106 Å². The molecule has 7 N–H and O–H groups in total. The Kier molecular flexibility index (Phi) is 15.5. The third kappa shape index (κ3) is 11.9. The van der Waals surface area contributed by atoms with Crippen molar-refractivity contribution in [3.05, 3.63) is 131 Å². The molecule has 2 unspecified atom stereocenters. The van der Waals surface area contributed by atoms with Crippen LogP contribution in [0.4, 0.5) is 29.3 Å². The number of aliphatic hydroxyl groups excluding tert-OH is 1. The molecule has 4 aromatic carbocycles. The number of alkyl carbamates (subject to hydrolysis) is 1. The van der Waals surface area contributed by atoms with E-state index >= 15 is 4.79 Å². The summed E-state index contributed by atoms with van der Waals surface area (Å²) in [5.41, 5.74) is 9.46. The van der Waals surface area contributed by atoms with E-state index in [9.17, 15) is 32.7 Å². The van der Waals surface area contributed by atoms with Crippen LogP contribution in [0.3, 0.4) is 0 Å². The maximum Gasteiger partial charge on any atom is 0.416 e. The molecule has 0 radical (unpaired) electrons. The first-order chi connectivity index (χ1) is 32.8. The highest BCUT2D eigenvalue weighted by Crippen LogP contribution is 2.58. The van der Waals surface area contributed by atoms with Crippen molar-refractivity contribution in [2.75, 3.05) is 18.1 Å². The van der Waals surface area contributed by atoms with Crippen molar-refractivity contribution in [1.29, 1.82) is 0 Å². The van der Waals surface area contributed by atoms with Gasteiger partial charge in [-0.05, 0) is 109 Å². The lowest BCUT2D eigenvalue weighted by Gasteiger charge is -2.58. The van der Waals surface area contributed by atoms with Gasteiger partial charge < -0.3 is 36.1 Å². The number of hydrogen-bond donors (Lipinski definition) is 5. The second kappa shape index (κ2) is 21.1. The molecule has 368 valence electrons. The number of amides is 3. The smallest absolute Gasteiger partial charge is 0.416 e. The number of halogens is 3. The molecule has 4 bridgehead atoms. The monoisotopic (exact) mass is 954 g/mol. The minimum absolute atomic E-state index is 0.00407. The molecule has 8 rings (SSSR count). The predicted octanol–water partition coefficient (Wildman–Crippen LogP) is 7.63. The summed E-state index contributed by atoms with van der Waals surface area (Å²) in [6, 6.07) is 27.5. The molecule has 4 aliphatic carbocycles. The Labute approximate surface area is 400 Å². The molecule has 4 aromatic rings. The van der Waals surface area contributed by atoms with E-state index in [2.05, 4.69) is 15.6 Å². The zero-order chi connectivity index (χ0) is 49.6. The molecule has 3 atom stereocenters. The summed E-state index contributed by atoms with van der Waals surface area (Å²) in [4.78, 5) is 61.9. The Balaban J connectivity index is 1.25. The summed E-state index contributed by atoms with van der Waals surface area (Å²) < 4.78 is 62.6. The van der Waals surface area contributed by atoms with Crippen molar-refractivity contribution in [3.63, 3.8) is 0 Å². The fraction of sp³-hybridized carbons (Fsp3) is 0.442. The third-order valence-corrected chi connectivity index (χ3v) is 13.7. The molecule has 4 fully saturated rings. The molecule has 3 amide bonds. The number of nitrogens with zero attached hydrogens (tertiary/aromatic N) is 2. The van der Waals surface area contributed by atoms with E-state index in [1.807, 2.05) is 6.07 Å². The first kappa shape index (κ1) is 50.6. The second-order valence-electron chi connectivity index (χ2n) is 19.6. The molecule has 0 aromatic heterocycles. The number of alkyl halides is 3. The molecule has 14 nitrogen and oxygen atoms in total. The number of aliphatic hydroxyl groups is 1. The van der Waals surface area contributed by atoms with E-state index in [-0.39, 0.29) is 35.7 Å². The minimum atomic E-state index is -5.28. The highest BCUT2D eigenvalue weighted by atomic mass is 19.4. The molecule has 4 saturated carbocycles. The zero-order valence-electron chi connectivity index (χ0n) is 39.0. The van der Waals surface area contributed by atoms with Crippen LogP contribution in [0, 0.1) is 23.2 Å². The molecule has 0 heterocycles. The lowest BCUT2D eigenvalue weighted by molar-refractivity contribution is -0.213. The Morgan fingerprint density at radius 1 is 0.812 bits per heavy atom. The van der Waals surface area contributed by atoms with E-state index in [1.54, 1.807) is 106 Å². The number of esters is 1. The van der Waals surface area contributed by atoms with Gasteiger partial charge in [0.05, 0.1) is 36.0 Å². The van der Waals surface area contributed by atoms with Crippen LogP contribution in [0.25, 0.3) is 0 Å². The average molecular weight is 955 g/mol. The molecule has 4 aliphatic rings. The average Bonchev–Trinajstić information content (AvgIpc) is 3.31. The summed E-state index contributed by atoms with van der Waals surface area (Å²) in [7, 11) is 0. The number of carbonyl (C=O) groups is 4. The predicted molar refractivity (Wildman–Crippen MR) is 253 cm³/mol. The Bertz CT molecular complexity index is 2430. The van der Waals surface area contributed by atoms with Gasteiger partial charge in [0.25, 0.3) is 0 Å². The number of nitrogens with one attached hydrogen (secondary N) is 2. The van der Waals surface area contributed by atoms with E-state index in [0.717, 1.165) is 44.1 Å². The number of nitrogens with two attached hydrogens (primary N) is 2. The maximum absolute atomic E-state index is 15.6. The van der Waals surface area contributed by atoms with Crippen LogP contribution in [0.15, 0.2) is 114 Å². The van der Waals surface area contributed by atoms with Gasteiger partial charge >= 0.3 is 18.2 Å². The van der Waals surface area contributed by atoms with E-state index in [1.165, 1.54) is 23.1 Å². The van der Waals surface area contributed by atoms with Gasteiger partial charge in [0, 0.05) is 5.69 Å². The van der Waals surface area contributed by atoms with Gasteiger partial charge in [-0.2, -0.15) is 13.2 Å². The van der Waals surface area contributed by atoms with Crippen molar-refractivity contribution in [3.8, 4) is 0 Å². The fourth-order valence-electron chi connectivity index (χ4n) is 10.7. The highest BCUT2D eigenvalue weighted by molar-refractivity contribution is 6.05. The number of aliphatic imine (C=N–C) groups is 1. The molecular formula is C52H61F3N6O8. The van der Waals surface area contributed by atoms with Crippen LogP contribution in [0.1, 0.15) is 86.3 Å². The van der Waals surface area contributed by atoms with Crippen molar-refractivity contribution in [2.24, 2.45) is 39.6 Å². The topological polar surface area (TPSA) is 208 Å². The van der Waals surface area contributed by atoms with Crippen LogP contribution < -0.4 is 27.0 Å². The van der Waals surface area contributed by atoms with Crippen LogP contribution in [0.2, 0.25) is 0 Å². The normalized spacial score (nSPS) is 21.6. The quantitative estimate of drug-likeness (QED) is 0.0397. The van der Waals surface area contributed by atoms with Crippen LogP contribution in [0.5, 0.6) is 0 Å². The van der Waals surface area contributed by atoms with Crippen molar-refractivity contribution in [1.82, 2.24) is 10.6 Å². The van der Waals surface area contributed by atoms with Gasteiger partial charge in [-0.3, -0.25) is 19.8 Å². The van der Waals surface area contributed by atoms with Gasteiger partial charge in [0.15, 0.2) is 11.6 Å². The lowest BCUT2D eigenvalue weighted by Crippen LogP contribution is -2.73. The summed E-state index contributed by atoms with van der Waals surface area (Å²) in [5, 5.41) is 16.0. The highest BCUT2D eigenvalue weighted by Gasteiger charge is 2.60. The van der Waals surface area contributed by atoms with Crippen LogP contribution >= 0.6 is 0 Å². The van der Waals surface area contributed by atoms with E-state index in [0.29, 0.717) is 23.3 Å². The Morgan fingerprint density at radius 2 is 1.35 bits per heavy atom. The lowest BCUT2D eigenvalue weighted by atomic mass is 9.54. The summed E-state index contributed by atoms with van der Waals surface area (Å²) in [5.74, 6) is -1.80. The molecule has 0 saturated heterocycles. The summed E-state index contributed by atoms with van der Waals surface area (Å²) >= 11 is 0. The maximum atomic E-state index is 15.6. The van der Waals surface area contributed by atoms with Gasteiger partial charge in [0.1, 0.15) is 13.2 Å². The molecule has 0 spiro atoms. The third-order valence-electron chi connectivity index (χ3n) is 13.7. The zero-order valence-corrected chi connectivity index (χ0v) is 39.0. The number of hydrogen-bond acceptors (Lipinski definition) is 10. The van der Waals surface area contributed by atoms with Crippen LogP contribution in [-0.4, -0.2) is 77.6 Å². The number of ether oxygens (including phenoxy) is 3. The largest absolute Gasteiger partial charge is 0.457 e. The molecule has 0 aliphatic heterocycles. The van der Waals surface area contributed by atoms with Gasteiger partial charge in [0.2, 0.25) is 17.8 Å². The molecule has 69 heavy (non-hydrogen) atoms. The second-order valence-corrected chi connectivity index (χ2v) is 19.6. The number of guanidine groups is 1. The Morgan fingerprint density at radius 3 is 1.87 bits per heavy atom. The van der Waals surface area contributed by atoms with Gasteiger partial charge in [-0.15, -0.1) is 0 Å². The van der Waals surface area contributed by atoms with Crippen molar-refractivity contribution >= 4 is 41.2 Å². The SMILES string of the molecule is CC(C)(C)[C@](COC12CC3CC(CC(C3)C1)C2)(C(=O)NC(Cc1ccc(N=C(N)NC(=O)OCc2ccccc2)cc1C(=O)OCc1ccccc1)C(O)C(F)(F)F)N(C(=O)CN)c1ccccc1. The number of rotatable bonds is 17. The van der Waals surface area contributed by atoms with Crippen molar-refractivity contribution < 1.29 is 51.7 Å². The van der Waals surface area contributed by atoms with Gasteiger partial charge in [-0.25, -0.2) is 14.6 Å². The van der Waals surface area contributed by atoms with E-state index < -0.39 is 84.3 Å². The first-order valence-electron chi connectivity index (χ1n) is 23.2. The molecule has 17 heteroatoms. The minimum Gasteiger partial charge on any atom is -0.457 e. The Hall–Kier alpha value is -6.30. The summed E-state index contributed by atoms with van der Waals surface area (Å²) in [6.45, 7) is 3.88. The van der Waals surface area contributed by atoms with Crippen LogP contribution in [-0.2, 0) is 43.4 Å². The molecular weight excluding hydrogens is 894 g/mol. The number of carbonyl (C=O) groups excluding carboxylic acids is 4. The fourth-order valence-corrected chi connectivity index (χ4v) is 10.7. The van der Waals surface area contributed by atoms with E-state index in [4.69, 9.17) is 25.7 Å². The number of anilines is 1. The summed E-state index contributed by atoms with van der Waals surface area (Å²) in [6.07, 6.45) is -4.59.